The van der Waals surface area contributed by atoms with E-state index in [1.807, 2.05) is 67.6 Å². The normalized spacial score (nSPS) is 22.8. The Morgan fingerprint density at radius 2 is 1.43 bits per heavy atom. The lowest BCUT2D eigenvalue weighted by atomic mass is 9.81. The number of hydrogen-bond acceptors (Lipinski definition) is 3. The molecule has 1 aliphatic heterocycles. The average molecular weight is 540 g/mol. The van der Waals surface area contributed by atoms with Crippen molar-refractivity contribution in [1.82, 2.24) is 15.5 Å². The van der Waals surface area contributed by atoms with Crippen LogP contribution in [0.15, 0.2) is 91.0 Å². The third-order valence-corrected chi connectivity index (χ3v) is 9.21. The van der Waals surface area contributed by atoms with Crippen molar-refractivity contribution in [3.63, 3.8) is 0 Å². The Hall–Kier alpha value is -3.15. The van der Waals surface area contributed by atoms with Crippen LogP contribution >= 0.6 is 0 Å². The predicted octanol–water partition coefficient (Wildman–Crippen LogP) is 6.79. The van der Waals surface area contributed by atoms with Gasteiger partial charge in [-0.1, -0.05) is 97.4 Å². The Morgan fingerprint density at radius 1 is 0.850 bits per heavy atom. The van der Waals surface area contributed by atoms with E-state index in [1.54, 1.807) is 0 Å². The number of amides is 2. The zero-order valence-corrected chi connectivity index (χ0v) is 23.8. The first-order chi connectivity index (χ1) is 19.5. The van der Waals surface area contributed by atoms with Crippen LogP contribution in [-0.2, 0) is 5.60 Å². The maximum atomic E-state index is 13.1. The quantitative estimate of drug-likeness (QED) is 0.281. The van der Waals surface area contributed by atoms with E-state index < -0.39 is 11.6 Å². The Morgan fingerprint density at radius 3 is 2.02 bits per heavy atom. The predicted molar refractivity (Wildman–Crippen MR) is 162 cm³/mol. The van der Waals surface area contributed by atoms with Crippen LogP contribution in [0.5, 0.6) is 0 Å². The summed E-state index contributed by atoms with van der Waals surface area (Å²) in [6, 6.07) is 30.2. The van der Waals surface area contributed by atoms with Gasteiger partial charge in [0, 0.05) is 12.1 Å². The van der Waals surface area contributed by atoms with Crippen molar-refractivity contribution in [2.75, 3.05) is 13.1 Å². The van der Waals surface area contributed by atoms with Gasteiger partial charge in [0.25, 0.3) is 0 Å². The van der Waals surface area contributed by atoms with Gasteiger partial charge in [0.05, 0.1) is 6.04 Å². The van der Waals surface area contributed by atoms with Crippen LogP contribution in [0.3, 0.4) is 0 Å². The Kier molecular flexibility index (Phi) is 9.56. The second kappa shape index (κ2) is 13.5. The van der Waals surface area contributed by atoms with Crippen LogP contribution < -0.4 is 10.6 Å². The molecule has 40 heavy (non-hydrogen) atoms. The minimum atomic E-state index is -1.33. The number of urea groups is 1. The first-order valence-corrected chi connectivity index (χ1v) is 15.2. The van der Waals surface area contributed by atoms with E-state index in [0.29, 0.717) is 6.04 Å². The average Bonchev–Trinajstić information content (AvgIpc) is 3.01. The molecular formula is C35H45N3O2. The molecule has 212 valence electrons. The van der Waals surface area contributed by atoms with Crippen LogP contribution in [0, 0.1) is 5.92 Å². The molecule has 3 aromatic rings. The van der Waals surface area contributed by atoms with Crippen molar-refractivity contribution in [2.45, 2.75) is 82.0 Å². The molecule has 5 heteroatoms. The minimum absolute atomic E-state index is 0.178. The van der Waals surface area contributed by atoms with E-state index in [9.17, 15) is 9.90 Å². The first-order valence-electron chi connectivity index (χ1n) is 15.2. The zero-order chi connectivity index (χ0) is 27.8. The topological polar surface area (TPSA) is 64.6 Å². The highest BCUT2D eigenvalue weighted by Crippen LogP contribution is 2.34. The summed E-state index contributed by atoms with van der Waals surface area (Å²) in [5, 5.41) is 18.2. The summed E-state index contributed by atoms with van der Waals surface area (Å²) in [7, 11) is 0. The fraction of sp³-hybridized carbons (Fsp3) is 0.457. The van der Waals surface area contributed by atoms with Crippen LogP contribution in [0.2, 0.25) is 0 Å². The Balaban J connectivity index is 1.11. The van der Waals surface area contributed by atoms with E-state index in [0.717, 1.165) is 49.3 Å². The van der Waals surface area contributed by atoms with Crippen LogP contribution in [0.25, 0.3) is 0 Å². The monoisotopic (exact) mass is 539 g/mol. The van der Waals surface area contributed by atoms with Crippen molar-refractivity contribution in [2.24, 2.45) is 5.92 Å². The van der Waals surface area contributed by atoms with Gasteiger partial charge in [-0.2, -0.15) is 0 Å². The SMILES string of the molecule is CC(NC(=O)NC1CCC(CCN2CCCCC2c2ccccc2)CC1)C(O)(c1ccccc1)c1ccccc1. The molecule has 5 rings (SSSR count). The summed E-state index contributed by atoms with van der Waals surface area (Å²) >= 11 is 0. The lowest BCUT2D eigenvalue weighted by Gasteiger charge is -2.38. The summed E-state index contributed by atoms with van der Waals surface area (Å²) in [4.78, 5) is 15.8. The van der Waals surface area contributed by atoms with Gasteiger partial charge in [0.1, 0.15) is 5.60 Å². The zero-order valence-electron chi connectivity index (χ0n) is 23.8. The number of carbonyl (C=O) groups is 1. The standard InChI is InChI=1S/C35H45N3O2/c1-27(35(40,30-15-7-3-8-16-30)31-17-9-4-10-18-31)36-34(39)37-32-22-20-28(21-23-32)24-26-38-25-12-11-19-33(38)29-13-5-2-6-14-29/h2-10,13-18,27-28,32-33,40H,11-12,19-26H2,1H3,(H2,36,37,39). The van der Waals surface area contributed by atoms with Gasteiger partial charge >= 0.3 is 6.03 Å². The molecule has 1 saturated heterocycles. The fourth-order valence-corrected chi connectivity index (χ4v) is 6.83. The van der Waals surface area contributed by atoms with E-state index >= 15 is 0 Å². The van der Waals surface area contributed by atoms with Crippen LogP contribution in [0.4, 0.5) is 4.79 Å². The molecule has 1 aliphatic carbocycles. The molecule has 1 heterocycles. The largest absolute Gasteiger partial charge is 0.378 e. The molecule has 0 bridgehead atoms. The molecule has 2 atom stereocenters. The van der Waals surface area contributed by atoms with Crippen molar-refractivity contribution >= 4 is 6.03 Å². The van der Waals surface area contributed by atoms with Crippen molar-refractivity contribution in [3.05, 3.63) is 108 Å². The van der Waals surface area contributed by atoms with Gasteiger partial charge in [-0.3, -0.25) is 4.90 Å². The summed E-state index contributed by atoms with van der Waals surface area (Å²) in [5.74, 6) is 0.722. The minimum Gasteiger partial charge on any atom is -0.378 e. The van der Waals surface area contributed by atoms with Crippen molar-refractivity contribution in [3.8, 4) is 0 Å². The van der Waals surface area contributed by atoms with Gasteiger partial charge in [0.15, 0.2) is 0 Å². The van der Waals surface area contributed by atoms with Gasteiger partial charge in [-0.25, -0.2) is 4.79 Å². The fourth-order valence-electron chi connectivity index (χ4n) is 6.83. The molecule has 3 aromatic carbocycles. The highest BCUT2D eigenvalue weighted by Gasteiger charge is 2.39. The molecule has 2 fully saturated rings. The molecule has 2 amide bonds. The molecule has 0 radical (unpaired) electrons. The highest BCUT2D eigenvalue weighted by atomic mass is 16.3. The molecular weight excluding hydrogens is 494 g/mol. The maximum absolute atomic E-state index is 13.1. The summed E-state index contributed by atoms with van der Waals surface area (Å²) < 4.78 is 0. The molecule has 3 N–H and O–H groups in total. The Bertz CT molecular complexity index is 1140. The van der Waals surface area contributed by atoms with E-state index in [-0.39, 0.29) is 12.1 Å². The van der Waals surface area contributed by atoms with Crippen molar-refractivity contribution in [1.29, 1.82) is 0 Å². The number of nitrogens with one attached hydrogen (secondary N) is 2. The first kappa shape index (κ1) is 28.4. The molecule has 2 unspecified atom stereocenters. The van der Waals surface area contributed by atoms with E-state index in [2.05, 4.69) is 45.9 Å². The number of hydrogen-bond donors (Lipinski definition) is 3. The van der Waals surface area contributed by atoms with Crippen LogP contribution in [0.1, 0.15) is 81.0 Å². The molecule has 0 aromatic heterocycles. The molecule has 2 aliphatic rings. The van der Waals surface area contributed by atoms with Gasteiger partial charge in [-0.05, 0) is 87.6 Å². The van der Waals surface area contributed by atoms with Gasteiger partial charge in [-0.15, -0.1) is 0 Å². The third-order valence-electron chi connectivity index (χ3n) is 9.21. The number of carbonyl (C=O) groups excluding carboxylic acids is 1. The van der Waals surface area contributed by atoms with E-state index in [1.165, 1.54) is 37.8 Å². The van der Waals surface area contributed by atoms with Gasteiger partial charge < -0.3 is 15.7 Å². The highest BCUT2D eigenvalue weighted by molar-refractivity contribution is 5.75. The van der Waals surface area contributed by atoms with Crippen LogP contribution in [-0.4, -0.2) is 41.2 Å². The van der Waals surface area contributed by atoms with E-state index in [4.69, 9.17) is 0 Å². The maximum Gasteiger partial charge on any atom is 0.315 e. The summed E-state index contributed by atoms with van der Waals surface area (Å²) in [5.41, 5.74) is 1.65. The second-order valence-electron chi connectivity index (χ2n) is 11.8. The molecule has 0 spiro atoms. The molecule has 1 saturated carbocycles. The number of aliphatic hydroxyl groups is 1. The molecule has 5 nitrogen and oxygen atoms in total. The lowest BCUT2D eigenvalue weighted by Crippen LogP contribution is -2.54. The Labute approximate surface area is 240 Å². The number of nitrogens with zero attached hydrogens (tertiary/aromatic N) is 1. The lowest BCUT2D eigenvalue weighted by molar-refractivity contribution is 0.0470. The number of benzene rings is 3. The van der Waals surface area contributed by atoms with Crippen molar-refractivity contribution < 1.29 is 9.90 Å². The number of likely N-dealkylation sites (tertiary alicyclic amines) is 1. The smallest absolute Gasteiger partial charge is 0.315 e. The summed E-state index contributed by atoms with van der Waals surface area (Å²) in [6.07, 6.45) is 9.45. The summed E-state index contributed by atoms with van der Waals surface area (Å²) in [6.45, 7) is 4.24. The number of piperidine rings is 1. The van der Waals surface area contributed by atoms with Gasteiger partial charge in [0.2, 0.25) is 0 Å². The number of rotatable bonds is 9. The third kappa shape index (κ3) is 6.76. The second-order valence-corrected chi connectivity index (χ2v) is 11.8.